The topological polar surface area (TPSA) is 281 Å². The molecule has 3 fully saturated rings. The van der Waals surface area contributed by atoms with Crippen LogP contribution in [0.25, 0.3) is 33.4 Å². The van der Waals surface area contributed by atoms with Gasteiger partial charge in [0, 0.05) is 255 Å². The van der Waals surface area contributed by atoms with E-state index < -0.39 is 6.43 Å². The maximum Gasteiger partial charge on any atom is 0.264 e. The number of nitriles is 1. The molecule has 32 heteroatoms. The number of nitrogens with zero attached hydrogens (tertiary/aromatic N) is 22. The first-order valence-corrected chi connectivity index (χ1v) is 44.6. The normalized spacial score (nSPS) is 18.3. The third-order valence-corrected chi connectivity index (χ3v) is 27.3. The fourth-order valence-electron chi connectivity index (χ4n) is 20.5. The molecule has 0 radical (unpaired) electrons. The summed E-state index contributed by atoms with van der Waals surface area (Å²) >= 11 is 0. The summed E-state index contributed by atoms with van der Waals surface area (Å²) in [6.07, 6.45) is 21.5. The molecule has 11 aliphatic heterocycles. The molecule has 30 nitrogen and oxygen atoms in total. The van der Waals surface area contributed by atoms with Gasteiger partial charge in [-0.2, -0.15) is 41.0 Å². The highest BCUT2D eigenvalue weighted by molar-refractivity contribution is 5.82. The Balaban J connectivity index is 0.000000111. The van der Waals surface area contributed by atoms with E-state index in [4.69, 9.17) is 34.6 Å². The van der Waals surface area contributed by atoms with Crippen LogP contribution in [-0.4, -0.2) is 204 Å². The van der Waals surface area contributed by atoms with Crippen LogP contribution in [0.2, 0.25) is 0 Å². The summed E-state index contributed by atoms with van der Waals surface area (Å²) < 4.78 is 57.4. The molecule has 11 aliphatic rings. The number of aryl methyl sites for hydroxylation is 7. The van der Waals surface area contributed by atoms with Crippen molar-refractivity contribution in [3.63, 3.8) is 0 Å². The molecule has 3 saturated heterocycles. The predicted molar refractivity (Wildman–Crippen MR) is 471 cm³/mol. The van der Waals surface area contributed by atoms with Gasteiger partial charge in [-0.3, -0.25) is 52.4 Å². The zero-order valence-electron chi connectivity index (χ0n) is 73.1. The van der Waals surface area contributed by atoms with Crippen LogP contribution >= 0.6 is 0 Å². The molecule has 656 valence electrons. The van der Waals surface area contributed by atoms with Crippen LogP contribution in [0.5, 0.6) is 0 Å². The smallest absolute Gasteiger partial charge is 0.264 e. The number of nitrogens with one attached hydrogen (secondary N) is 1. The SMILES string of the molecule is CC(=O)N1CCc2c(c(N3CCCc4cc(-c5cn[nH]c5)ccc43)nn2C2COC2)C1.CC(=O)N1CCc2c(c(N3CCCc4cc(-c5cnn(C)c5)c(C(F)F)cc43)nn2C2CCOCC2)C1.CC(=O)N1CCc2c(c(N3CCCc4cc(-c5cnn(C)c5)c(C)cc43)nn2[C@H]2CCOC2)C1.CC(=O)N1CCc2c(c(N3CCc4ccc(C#N)cc43)nn2C)C1. The zero-order valence-corrected chi connectivity index (χ0v) is 73.1. The standard InChI is InChI=1S/C27H32F2N6O2.C26H32N6O2.C23H26N6O2.C18H19N5O/c1-17(36)33-9-5-24-23(16-33)27(31-35(24)20-6-10-37-11-7-20)34-8-3-4-18-12-21(19-14-30-32(2)15-19)22(26(28)29)13-25(18)34;1-17-11-25-19(12-22(17)20-13-27-29(3)14-20)5-4-8-31(25)26-23-15-30(18(2)33)9-6-24(23)32(28-26)21-7-10-34-16-21;1-15(30)27-8-6-22-20(12-27)23(26-29(22)19-13-31-14-19)28-7-2-3-17-9-16(4-5-21(17)28)18-10-24-25-11-18;1-12(24)22-7-6-16-15(11-22)18(20-21(16)2)23-8-5-14-4-3-13(10-19)9-17(14)23/h12-15,20,26H,3-11,16H2,1-2H3;11-14,21H,4-10,15-16H2,1-3H3;4-5,9-11,19H,2-3,6-8,12-14H2,1H3,(H,24,25);3-4,9H,5-8,11H2,1-2H3/t;21-;;/m.0../s1. The van der Waals surface area contributed by atoms with E-state index in [1.807, 2.05) is 85.9 Å². The molecular weight excluding hydrogens is 1600 g/mol. The van der Waals surface area contributed by atoms with Crippen LogP contribution in [0.3, 0.4) is 0 Å². The molecule has 0 bridgehead atoms. The Hall–Kier alpha value is -12.3. The Labute approximate surface area is 731 Å². The van der Waals surface area contributed by atoms with Crippen molar-refractivity contribution in [1.82, 2.24) is 88.5 Å². The number of fused-ring (bicyclic) bond motifs is 8. The van der Waals surface area contributed by atoms with Crippen LogP contribution in [-0.2, 0) is 132 Å². The highest BCUT2D eigenvalue weighted by Gasteiger charge is 2.40. The molecule has 18 heterocycles. The molecule has 0 aliphatic carbocycles. The quantitative estimate of drug-likeness (QED) is 0.126. The largest absolute Gasteiger partial charge is 0.381 e. The Bertz CT molecular complexity index is 6030. The monoisotopic (exact) mass is 1710 g/mol. The van der Waals surface area contributed by atoms with Crippen LogP contribution < -0.4 is 19.6 Å². The lowest BCUT2D eigenvalue weighted by Gasteiger charge is -2.33. The van der Waals surface area contributed by atoms with Crippen molar-refractivity contribution >= 4 is 69.6 Å². The third-order valence-electron chi connectivity index (χ3n) is 27.3. The molecule has 0 unspecified atom stereocenters. The zero-order chi connectivity index (χ0) is 86.9. The molecule has 7 aromatic heterocycles. The van der Waals surface area contributed by atoms with Gasteiger partial charge in [0.15, 0.2) is 23.3 Å². The molecule has 126 heavy (non-hydrogen) atoms. The molecule has 1 atom stereocenters. The summed E-state index contributed by atoms with van der Waals surface area (Å²) in [6.45, 7) is 21.8. The molecule has 11 aromatic rings. The van der Waals surface area contributed by atoms with Crippen LogP contribution in [0, 0.1) is 18.3 Å². The fraction of sp³-hybridized carbons (Fsp3) is 0.468. The van der Waals surface area contributed by atoms with Gasteiger partial charge < -0.3 is 53.4 Å². The van der Waals surface area contributed by atoms with Gasteiger partial charge in [0.25, 0.3) is 6.43 Å². The van der Waals surface area contributed by atoms with Crippen LogP contribution in [0.4, 0.5) is 54.8 Å². The molecule has 4 aromatic carbocycles. The average molecular weight is 1710 g/mol. The van der Waals surface area contributed by atoms with E-state index in [1.54, 1.807) is 57.9 Å². The number of H-pyrrole nitrogens is 1. The van der Waals surface area contributed by atoms with Crippen LogP contribution in [0.1, 0.15) is 175 Å². The van der Waals surface area contributed by atoms with E-state index in [9.17, 15) is 33.2 Å². The van der Waals surface area contributed by atoms with Gasteiger partial charge in [0.1, 0.15) is 0 Å². The molecule has 0 saturated carbocycles. The first-order chi connectivity index (χ1) is 61.2. The Morgan fingerprint density at radius 2 is 0.921 bits per heavy atom. The first kappa shape index (κ1) is 83.2. The second kappa shape index (κ2) is 34.9. The van der Waals surface area contributed by atoms with Crippen molar-refractivity contribution in [2.75, 3.05) is 112 Å². The number of carbonyl (C=O) groups excluding carboxylic acids is 4. The number of hydrogen-bond donors (Lipinski definition) is 1. The number of aromatic nitrogens is 14. The van der Waals surface area contributed by atoms with E-state index in [0.29, 0.717) is 95.0 Å². The highest BCUT2D eigenvalue weighted by Crippen LogP contribution is 2.48. The molecule has 1 N–H and O–H groups in total. The van der Waals surface area contributed by atoms with E-state index in [0.717, 1.165) is 204 Å². The van der Waals surface area contributed by atoms with Crippen molar-refractivity contribution < 1.29 is 42.2 Å². The number of hydrogen-bond acceptors (Lipinski definition) is 19. The minimum absolute atomic E-state index is 0.00161. The Morgan fingerprint density at radius 1 is 0.452 bits per heavy atom. The maximum absolute atomic E-state index is 14.4. The Kier molecular flexibility index (Phi) is 23.0. The molecule has 4 amide bonds. The molecule has 22 rings (SSSR count). The number of ether oxygens (including phenoxy) is 3. The van der Waals surface area contributed by atoms with Crippen LogP contribution in [0.15, 0.2) is 97.8 Å². The molecular formula is C94H109F2N23O7. The predicted octanol–water partition coefficient (Wildman–Crippen LogP) is 12.8. The van der Waals surface area contributed by atoms with Crippen molar-refractivity contribution in [3.05, 3.63) is 182 Å². The minimum atomic E-state index is -2.62. The van der Waals surface area contributed by atoms with Gasteiger partial charge >= 0.3 is 0 Å². The minimum Gasteiger partial charge on any atom is -0.381 e. The lowest BCUT2D eigenvalue weighted by Crippen LogP contribution is -2.37. The number of rotatable bonds is 11. The van der Waals surface area contributed by atoms with E-state index in [-0.39, 0.29) is 41.3 Å². The number of anilines is 8. The highest BCUT2D eigenvalue weighted by atomic mass is 19.3. The van der Waals surface area contributed by atoms with Crippen molar-refractivity contribution in [2.45, 2.75) is 175 Å². The summed E-state index contributed by atoms with van der Waals surface area (Å²) in [5, 5.41) is 44.9. The van der Waals surface area contributed by atoms with Gasteiger partial charge in [-0.05, 0) is 164 Å². The van der Waals surface area contributed by atoms with E-state index in [2.05, 4.69) is 104 Å². The molecule has 0 spiro atoms. The summed E-state index contributed by atoms with van der Waals surface area (Å²) in [4.78, 5) is 65.1. The second-order valence-corrected chi connectivity index (χ2v) is 35.2. The lowest BCUT2D eigenvalue weighted by atomic mass is 9.92. The number of halogens is 2. The summed E-state index contributed by atoms with van der Waals surface area (Å²) in [7, 11) is 5.71. The summed E-state index contributed by atoms with van der Waals surface area (Å²) in [6, 6.07) is 23.7. The number of aromatic amines is 1. The number of benzene rings is 4. The summed E-state index contributed by atoms with van der Waals surface area (Å²) in [5.41, 5.74) is 26.5. The van der Waals surface area contributed by atoms with Gasteiger partial charge in [0.2, 0.25) is 23.6 Å². The fourth-order valence-corrected chi connectivity index (χ4v) is 20.5. The van der Waals surface area contributed by atoms with E-state index >= 15 is 0 Å². The number of carbonyl (C=O) groups is 4. The second-order valence-electron chi connectivity index (χ2n) is 35.2. The first-order valence-electron chi connectivity index (χ1n) is 44.6. The average Bonchev–Trinajstić information content (AvgIpc) is 1.59. The van der Waals surface area contributed by atoms with Gasteiger partial charge in [-0.1, -0.05) is 12.1 Å². The maximum atomic E-state index is 14.4. The number of alkyl halides is 2. The van der Waals surface area contributed by atoms with Crippen molar-refractivity contribution in [2.24, 2.45) is 21.1 Å². The van der Waals surface area contributed by atoms with Gasteiger partial charge in [-0.25, -0.2) is 8.78 Å². The van der Waals surface area contributed by atoms with E-state index in [1.165, 1.54) is 73.0 Å². The van der Waals surface area contributed by atoms with Gasteiger partial charge in [0.05, 0.1) is 94.3 Å². The Morgan fingerprint density at radius 3 is 1.42 bits per heavy atom. The third kappa shape index (κ3) is 16.0. The van der Waals surface area contributed by atoms with Crippen molar-refractivity contribution in [1.29, 1.82) is 5.26 Å². The van der Waals surface area contributed by atoms with Gasteiger partial charge in [-0.15, -0.1) is 0 Å². The lowest BCUT2D eigenvalue weighted by molar-refractivity contribution is -0.130. The number of amides is 4. The van der Waals surface area contributed by atoms with Crippen molar-refractivity contribution in [3.8, 4) is 39.4 Å². The summed E-state index contributed by atoms with van der Waals surface area (Å²) in [5.74, 6) is 4.13.